The zero-order valence-electron chi connectivity index (χ0n) is 9.71. The maximum atomic E-state index is 11.8. The Morgan fingerprint density at radius 1 is 1.39 bits per heavy atom. The molecule has 87 valence electrons. The van der Waals surface area contributed by atoms with Crippen LogP contribution in [-0.4, -0.2) is 20.4 Å². The molecule has 1 heterocycles. The number of nitriles is 1. The second-order valence-corrected chi connectivity index (χ2v) is 4.43. The van der Waals surface area contributed by atoms with Crippen LogP contribution in [0.15, 0.2) is 35.7 Å². The molecule has 0 fully saturated rings. The molecule has 1 radical (unpaired) electrons. The SMILES string of the molecule is COC(=O)c1c(-c2ccccc2)csc1[B]C#N. The van der Waals surface area contributed by atoms with Gasteiger partial charge in [0.25, 0.3) is 0 Å². The van der Waals surface area contributed by atoms with Crippen molar-refractivity contribution in [2.24, 2.45) is 0 Å². The van der Waals surface area contributed by atoms with Crippen LogP contribution in [0.3, 0.4) is 0 Å². The second kappa shape index (κ2) is 5.52. The molecular formula is C13H9BNO2S. The van der Waals surface area contributed by atoms with Crippen LogP contribution in [0, 0.1) is 11.2 Å². The van der Waals surface area contributed by atoms with E-state index in [9.17, 15) is 4.79 Å². The molecule has 0 bridgehead atoms. The Balaban J connectivity index is 2.55. The largest absolute Gasteiger partial charge is 0.465 e. The second-order valence-electron chi connectivity index (χ2n) is 3.52. The Hall–Kier alpha value is -2.06. The fourth-order valence-corrected chi connectivity index (χ4v) is 2.61. The Morgan fingerprint density at radius 2 is 2.11 bits per heavy atom. The lowest BCUT2D eigenvalue weighted by atomic mass is 9.76. The van der Waals surface area contributed by atoms with Crippen LogP contribution in [-0.2, 0) is 4.74 Å². The predicted octanol–water partition coefficient (Wildman–Crippen LogP) is 2.01. The summed E-state index contributed by atoms with van der Waals surface area (Å²) in [5.41, 5.74) is 2.19. The van der Waals surface area contributed by atoms with Crippen molar-refractivity contribution in [3.05, 3.63) is 41.3 Å². The first kappa shape index (κ1) is 12.4. The summed E-state index contributed by atoms with van der Waals surface area (Å²) in [5.74, 6) is 1.53. The summed E-state index contributed by atoms with van der Waals surface area (Å²) in [6.45, 7) is 0. The Bertz CT molecular complexity index is 601. The van der Waals surface area contributed by atoms with E-state index in [1.165, 1.54) is 25.7 Å². The molecule has 2 aromatic rings. The minimum absolute atomic E-state index is 0.420. The van der Waals surface area contributed by atoms with Crippen molar-refractivity contribution in [3.8, 4) is 17.1 Å². The number of esters is 1. The van der Waals surface area contributed by atoms with Crippen LogP contribution in [0.5, 0.6) is 0 Å². The highest BCUT2D eigenvalue weighted by molar-refractivity contribution is 7.21. The fourth-order valence-electron chi connectivity index (χ4n) is 1.68. The van der Waals surface area contributed by atoms with Gasteiger partial charge < -0.3 is 4.74 Å². The monoisotopic (exact) mass is 254 g/mol. The number of carbonyl (C=O) groups excluding carboxylic acids is 1. The number of hydrogen-bond donors (Lipinski definition) is 0. The average molecular weight is 254 g/mol. The number of thiophene rings is 1. The average Bonchev–Trinajstić information content (AvgIpc) is 2.83. The Morgan fingerprint density at radius 3 is 2.72 bits per heavy atom. The van der Waals surface area contributed by atoms with E-state index in [0.717, 1.165) is 11.1 Å². The summed E-state index contributed by atoms with van der Waals surface area (Å²) in [4.78, 5) is 11.8. The lowest BCUT2D eigenvalue weighted by Crippen LogP contribution is -2.19. The van der Waals surface area contributed by atoms with Crippen molar-refractivity contribution in [1.29, 1.82) is 5.26 Å². The van der Waals surface area contributed by atoms with E-state index < -0.39 is 5.97 Å². The lowest BCUT2D eigenvalue weighted by Gasteiger charge is -2.04. The summed E-state index contributed by atoms with van der Waals surface area (Å²) >= 11 is 1.36. The van der Waals surface area contributed by atoms with Crippen molar-refractivity contribution in [1.82, 2.24) is 0 Å². The first-order chi connectivity index (χ1) is 8.77. The maximum Gasteiger partial charge on any atom is 0.338 e. The molecule has 18 heavy (non-hydrogen) atoms. The number of hydrogen-bond acceptors (Lipinski definition) is 4. The molecule has 1 aromatic carbocycles. The Labute approximate surface area is 110 Å². The molecule has 0 atom stereocenters. The zero-order valence-corrected chi connectivity index (χ0v) is 10.5. The van der Waals surface area contributed by atoms with Crippen LogP contribution in [0.1, 0.15) is 10.4 Å². The van der Waals surface area contributed by atoms with E-state index in [2.05, 4.69) is 0 Å². The van der Waals surface area contributed by atoms with Gasteiger partial charge in [0.2, 0.25) is 0 Å². The van der Waals surface area contributed by atoms with Gasteiger partial charge in [-0.05, 0) is 15.7 Å². The molecule has 0 saturated carbocycles. The normalized spacial score (nSPS) is 9.56. The van der Waals surface area contributed by atoms with E-state index in [0.29, 0.717) is 10.3 Å². The van der Waals surface area contributed by atoms with Gasteiger partial charge in [0.15, 0.2) is 0 Å². The van der Waals surface area contributed by atoms with Crippen LogP contribution in [0.25, 0.3) is 11.1 Å². The third-order valence-electron chi connectivity index (χ3n) is 2.49. The first-order valence-electron chi connectivity index (χ1n) is 5.26. The quantitative estimate of drug-likeness (QED) is 0.621. The zero-order chi connectivity index (χ0) is 13.0. The van der Waals surface area contributed by atoms with Gasteiger partial charge in [-0.1, -0.05) is 30.3 Å². The molecule has 0 saturated heterocycles. The predicted molar refractivity (Wildman–Crippen MR) is 72.1 cm³/mol. The molecule has 1 aromatic heterocycles. The number of nitrogens with zero attached hydrogens (tertiary/aromatic N) is 1. The van der Waals surface area contributed by atoms with Crippen molar-refractivity contribution in [2.75, 3.05) is 7.11 Å². The van der Waals surface area contributed by atoms with Crippen molar-refractivity contribution >= 4 is 29.4 Å². The lowest BCUT2D eigenvalue weighted by molar-refractivity contribution is 0.0603. The molecule has 2 rings (SSSR count). The highest BCUT2D eigenvalue weighted by Crippen LogP contribution is 2.26. The van der Waals surface area contributed by atoms with Crippen molar-refractivity contribution < 1.29 is 9.53 Å². The van der Waals surface area contributed by atoms with Gasteiger partial charge in [0.1, 0.15) is 0 Å². The molecule has 0 amide bonds. The molecule has 0 spiro atoms. The molecule has 0 aliphatic rings. The summed E-state index contributed by atoms with van der Waals surface area (Å²) in [7, 11) is 2.70. The van der Waals surface area contributed by atoms with Crippen LogP contribution >= 0.6 is 11.3 Å². The molecule has 3 nitrogen and oxygen atoms in total. The van der Waals surface area contributed by atoms with Gasteiger partial charge in [0.05, 0.1) is 12.7 Å². The van der Waals surface area contributed by atoms with Crippen molar-refractivity contribution in [3.63, 3.8) is 0 Å². The van der Waals surface area contributed by atoms with E-state index in [1.807, 2.05) is 41.7 Å². The molecular weight excluding hydrogens is 245 g/mol. The van der Waals surface area contributed by atoms with Gasteiger partial charge >= 0.3 is 13.2 Å². The van der Waals surface area contributed by atoms with E-state index in [1.54, 1.807) is 0 Å². The third kappa shape index (κ3) is 2.29. The minimum atomic E-state index is -0.420. The molecule has 0 unspecified atom stereocenters. The highest BCUT2D eigenvalue weighted by atomic mass is 32.1. The van der Waals surface area contributed by atoms with E-state index in [-0.39, 0.29) is 0 Å². The number of benzene rings is 1. The molecule has 0 N–H and O–H groups in total. The van der Waals surface area contributed by atoms with Gasteiger partial charge in [-0.25, -0.2) is 10.1 Å². The number of carbonyl (C=O) groups is 1. The summed E-state index contributed by atoms with van der Waals surface area (Å²) < 4.78 is 5.41. The summed E-state index contributed by atoms with van der Waals surface area (Å²) in [6.07, 6.45) is 0. The first-order valence-corrected chi connectivity index (χ1v) is 6.14. The topological polar surface area (TPSA) is 50.1 Å². The number of rotatable bonds is 3. The van der Waals surface area contributed by atoms with Crippen LogP contribution in [0.4, 0.5) is 0 Å². The highest BCUT2D eigenvalue weighted by Gasteiger charge is 2.20. The van der Waals surface area contributed by atoms with Gasteiger partial charge in [-0.15, -0.1) is 0 Å². The Kier molecular flexibility index (Phi) is 3.80. The fraction of sp³-hybridized carbons (Fsp3) is 0.0769. The number of methoxy groups -OCH3 is 1. The summed E-state index contributed by atoms with van der Waals surface area (Å²) in [5, 5.41) is 10.6. The van der Waals surface area contributed by atoms with E-state index in [4.69, 9.17) is 10.00 Å². The third-order valence-corrected chi connectivity index (χ3v) is 3.42. The maximum absolute atomic E-state index is 11.8. The van der Waals surface area contributed by atoms with Crippen LogP contribution in [0.2, 0.25) is 0 Å². The molecule has 0 aliphatic heterocycles. The van der Waals surface area contributed by atoms with Crippen molar-refractivity contribution in [2.45, 2.75) is 0 Å². The molecule has 0 aliphatic carbocycles. The summed E-state index contributed by atoms with van der Waals surface area (Å²) in [6, 6.07) is 9.56. The van der Waals surface area contributed by atoms with E-state index >= 15 is 0 Å². The smallest absolute Gasteiger partial charge is 0.338 e. The van der Waals surface area contributed by atoms with Crippen LogP contribution < -0.4 is 4.78 Å². The minimum Gasteiger partial charge on any atom is -0.465 e. The van der Waals surface area contributed by atoms with Gasteiger partial charge in [-0.2, -0.15) is 11.3 Å². The standard InChI is InChI=1S/C13H9BNO2S/c1-17-13(16)11-10(7-18-12(11)14-8-15)9-5-3-2-4-6-9/h2-7H,1H3. The molecule has 5 heteroatoms. The van der Waals surface area contributed by atoms with Gasteiger partial charge in [0, 0.05) is 11.5 Å². The van der Waals surface area contributed by atoms with Gasteiger partial charge in [-0.3, -0.25) is 0 Å². The number of ether oxygens (including phenoxy) is 1.